The molecule has 1 aliphatic carbocycles. The van der Waals surface area contributed by atoms with E-state index in [0.717, 1.165) is 6.07 Å². The molecule has 1 saturated carbocycles. The molecule has 1 fully saturated rings. The molecule has 1 atom stereocenters. The zero-order valence-corrected chi connectivity index (χ0v) is 23.5. The standard InChI is InChI=1S/C27H31F4NO7S/c1-6-37-22(33)14-20(32-25(34)38-26(3,4)5)19-13-17(12-18(24(19)28)16-10-11-16)23-15(2)8-7-9-21(23)39-40(35,36)27(29,30)31/h7-9,12-13,16,20H,6,10-11,14H2,1-5H3,(H,32,34)/t20-/m0/s1. The van der Waals surface area contributed by atoms with E-state index < -0.39 is 57.3 Å². The SMILES string of the molecule is CCOC(=O)C[C@H](NC(=O)OC(C)(C)C)c1cc(-c2c(C)cccc2OS(=O)(=O)C(F)(F)F)cc(C2CC2)c1F. The van der Waals surface area contributed by atoms with Crippen molar-refractivity contribution in [1.82, 2.24) is 5.32 Å². The maximum absolute atomic E-state index is 15.9. The van der Waals surface area contributed by atoms with E-state index in [4.69, 9.17) is 9.47 Å². The topological polar surface area (TPSA) is 108 Å². The maximum Gasteiger partial charge on any atom is 0.534 e. The Balaban J connectivity index is 2.19. The fraction of sp³-hybridized carbons (Fsp3) is 0.481. The number of carbonyl (C=O) groups is 2. The molecule has 2 aromatic rings. The molecule has 2 aromatic carbocycles. The van der Waals surface area contributed by atoms with Gasteiger partial charge in [-0.15, -0.1) is 0 Å². The highest BCUT2D eigenvalue weighted by Crippen LogP contribution is 2.46. The first kappa shape index (κ1) is 31.2. The van der Waals surface area contributed by atoms with Gasteiger partial charge in [0.05, 0.1) is 19.1 Å². The number of aryl methyl sites for hydroxylation is 1. The summed E-state index contributed by atoms with van der Waals surface area (Å²) < 4.78 is 93.7. The Morgan fingerprint density at radius 3 is 2.33 bits per heavy atom. The van der Waals surface area contributed by atoms with Crippen molar-refractivity contribution in [3.8, 4) is 16.9 Å². The number of ether oxygens (including phenoxy) is 2. The number of nitrogens with one attached hydrogen (secondary N) is 1. The summed E-state index contributed by atoms with van der Waals surface area (Å²) in [6.45, 7) is 7.99. The summed E-state index contributed by atoms with van der Waals surface area (Å²) in [6, 6.07) is 5.29. The predicted molar refractivity (Wildman–Crippen MR) is 138 cm³/mol. The van der Waals surface area contributed by atoms with Gasteiger partial charge in [-0.1, -0.05) is 12.1 Å². The summed E-state index contributed by atoms with van der Waals surface area (Å²) in [5.41, 5.74) is -6.06. The van der Waals surface area contributed by atoms with Crippen molar-refractivity contribution in [2.75, 3.05) is 6.61 Å². The third-order valence-electron chi connectivity index (χ3n) is 5.89. The van der Waals surface area contributed by atoms with Crippen molar-refractivity contribution < 1.29 is 49.2 Å². The molecule has 40 heavy (non-hydrogen) atoms. The summed E-state index contributed by atoms with van der Waals surface area (Å²) >= 11 is 0. The molecule has 1 amide bonds. The van der Waals surface area contributed by atoms with Crippen molar-refractivity contribution >= 4 is 22.2 Å². The van der Waals surface area contributed by atoms with Crippen LogP contribution >= 0.6 is 0 Å². The average Bonchev–Trinajstić information content (AvgIpc) is 3.62. The number of benzene rings is 2. The van der Waals surface area contributed by atoms with Crippen LogP contribution < -0.4 is 9.50 Å². The molecule has 0 aromatic heterocycles. The van der Waals surface area contributed by atoms with Crippen molar-refractivity contribution in [2.24, 2.45) is 0 Å². The number of rotatable bonds is 9. The largest absolute Gasteiger partial charge is 0.534 e. The van der Waals surface area contributed by atoms with E-state index in [2.05, 4.69) is 9.50 Å². The van der Waals surface area contributed by atoms with Crippen LogP contribution in [0, 0.1) is 12.7 Å². The van der Waals surface area contributed by atoms with Gasteiger partial charge in [0.25, 0.3) is 0 Å². The molecule has 0 unspecified atom stereocenters. The lowest BCUT2D eigenvalue weighted by atomic mass is 9.90. The second kappa shape index (κ2) is 11.6. The van der Waals surface area contributed by atoms with Crippen LogP contribution in [0.2, 0.25) is 0 Å². The van der Waals surface area contributed by atoms with Crippen LogP contribution in [0.25, 0.3) is 11.1 Å². The Labute approximate surface area is 230 Å². The van der Waals surface area contributed by atoms with Gasteiger partial charge in [0, 0.05) is 11.1 Å². The van der Waals surface area contributed by atoms with E-state index in [9.17, 15) is 31.2 Å². The zero-order chi connectivity index (χ0) is 30.0. The molecule has 0 heterocycles. The van der Waals surface area contributed by atoms with Crippen LogP contribution in [-0.2, 0) is 24.4 Å². The molecule has 0 aliphatic heterocycles. The van der Waals surface area contributed by atoms with Gasteiger partial charge < -0.3 is 19.0 Å². The minimum absolute atomic E-state index is 0.0226. The van der Waals surface area contributed by atoms with E-state index in [1.807, 2.05) is 0 Å². The molecule has 13 heteroatoms. The van der Waals surface area contributed by atoms with E-state index in [0.29, 0.717) is 18.4 Å². The van der Waals surface area contributed by atoms with Crippen LogP contribution in [-0.4, -0.2) is 38.2 Å². The fourth-order valence-corrected chi connectivity index (χ4v) is 4.55. The Morgan fingerprint density at radius 2 is 1.77 bits per heavy atom. The van der Waals surface area contributed by atoms with Crippen LogP contribution in [0.1, 0.15) is 75.6 Å². The van der Waals surface area contributed by atoms with Gasteiger partial charge in [0.1, 0.15) is 11.4 Å². The normalized spacial score (nSPS) is 14.8. The molecule has 0 radical (unpaired) electrons. The van der Waals surface area contributed by atoms with E-state index in [1.54, 1.807) is 27.7 Å². The molecular weight excluding hydrogens is 558 g/mol. The van der Waals surface area contributed by atoms with Gasteiger partial charge in [-0.05, 0) is 88.3 Å². The maximum atomic E-state index is 15.9. The summed E-state index contributed by atoms with van der Waals surface area (Å²) in [7, 11) is -6.01. The number of alkyl carbamates (subject to hydrolysis) is 1. The zero-order valence-electron chi connectivity index (χ0n) is 22.6. The van der Waals surface area contributed by atoms with Crippen LogP contribution in [0.3, 0.4) is 0 Å². The monoisotopic (exact) mass is 589 g/mol. The molecule has 220 valence electrons. The number of hydrogen-bond acceptors (Lipinski definition) is 7. The van der Waals surface area contributed by atoms with Crippen molar-refractivity contribution in [2.45, 2.75) is 77.0 Å². The predicted octanol–water partition coefficient (Wildman–Crippen LogP) is 6.43. The minimum Gasteiger partial charge on any atom is -0.466 e. The lowest BCUT2D eigenvalue weighted by Gasteiger charge is -2.25. The molecule has 0 bridgehead atoms. The Kier molecular flexibility index (Phi) is 9.07. The van der Waals surface area contributed by atoms with Crippen LogP contribution in [0.4, 0.5) is 22.4 Å². The minimum atomic E-state index is -6.01. The molecule has 1 aliphatic rings. The first-order valence-corrected chi connectivity index (χ1v) is 13.9. The summed E-state index contributed by atoms with van der Waals surface area (Å²) in [5.74, 6) is -2.28. The third kappa shape index (κ3) is 7.64. The summed E-state index contributed by atoms with van der Waals surface area (Å²) in [4.78, 5) is 25.1. The number of hydrogen-bond donors (Lipinski definition) is 1. The quantitative estimate of drug-likeness (QED) is 0.156. The van der Waals surface area contributed by atoms with E-state index in [-0.39, 0.29) is 34.8 Å². The summed E-state index contributed by atoms with van der Waals surface area (Å²) in [5, 5.41) is 2.49. The molecule has 8 nitrogen and oxygen atoms in total. The highest BCUT2D eigenvalue weighted by atomic mass is 32.2. The molecule has 0 spiro atoms. The second-order valence-electron chi connectivity index (χ2n) is 10.4. The van der Waals surface area contributed by atoms with Gasteiger partial charge in [-0.3, -0.25) is 4.79 Å². The molecular formula is C27H31F4NO7S. The van der Waals surface area contributed by atoms with Crippen LogP contribution in [0.15, 0.2) is 30.3 Å². The van der Waals surface area contributed by atoms with E-state index in [1.165, 1.54) is 31.2 Å². The van der Waals surface area contributed by atoms with Gasteiger partial charge in [0.2, 0.25) is 0 Å². The fourth-order valence-electron chi connectivity index (χ4n) is 4.08. The smallest absolute Gasteiger partial charge is 0.466 e. The van der Waals surface area contributed by atoms with Gasteiger partial charge in [-0.25, -0.2) is 9.18 Å². The number of carbonyl (C=O) groups excluding carboxylic acids is 2. The van der Waals surface area contributed by atoms with Crippen molar-refractivity contribution in [3.05, 3.63) is 52.8 Å². The molecule has 3 rings (SSSR count). The van der Waals surface area contributed by atoms with Gasteiger partial charge in [-0.2, -0.15) is 21.6 Å². The van der Waals surface area contributed by atoms with Gasteiger partial charge >= 0.3 is 27.7 Å². The average molecular weight is 590 g/mol. The number of alkyl halides is 3. The number of esters is 1. The highest BCUT2D eigenvalue weighted by molar-refractivity contribution is 7.88. The Bertz CT molecular complexity index is 1380. The Morgan fingerprint density at radius 1 is 1.12 bits per heavy atom. The van der Waals surface area contributed by atoms with Crippen molar-refractivity contribution in [3.63, 3.8) is 0 Å². The number of halogens is 4. The number of amides is 1. The lowest BCUT2D eigenvalue weighted by molar-refractivity contribution is -0.143. The van der Waals surface area contributed by atoms with Gasteiger partial charge in [0.15, 0.2) is 5.75 Å². The third-order valence-corrected chi connectivity index (χ3v) is 6.86. The first-order chi connectivity index (χ1) is 18.4. The second-order valence-corrected chi connectivity index (χ2v) is 11.9. The highest BCUT2D eigenvalue weighted by Gasteiger charge is 2.49. The Hall–Kier alpha value is -3.35. The molecule has 1 N–H and O–H groups in total. The lowest BCUT2D eigenvalue weighted by Crippen LogP contribution is -2.36. The first-order valence-electron chi connectivity index (χ1n) is 12.5. The summed E-state index contributed by atoms with van der Waals surface area (Å²) in [6.07, 6.45) is -0.129. The van der Waals surface area contributed by atoms with Crippen molar-refractivity contribution in [1.29, 1.82) is 0 Å². The van der Waals surface area contributed by atoms with E-state index >= 15 is 4.39 Å². The molecule has 0 saturated heterocycles. The van der Waals surface area contributed by atoms with Crippen LogP contribution in [0.5, 0.6) is 5.75 Å².